The van der Waals surface area contributed by atoms with Gasteiger partial charge in [0.1, 0.15) is 11.5 Å². The molecule has 2 aliphatic rings. The van der Waals surface area contributed by atoms with E-state index in [0.717, 1.165) is 75.4 Å². The standard InChI is InChI=1S/C44H28Br2O2/c45-35-16-18-37-29(26-35)14-20-41-39(37)22-24-43(47-41,31-8-3-1-4-9-31)33-12-7-13-34(28-33)44(32-10-5-2-6-11-32)25-23-40-38-19-17-36(46)27-30(38)15-21-42(40)48-44/h1-28H. The Morgan fingerprint density at radius 3 is 1.29 bits per heavy atom. The zero-order valence-electron chi connectivity index (χ0n) is 25.7. The predicted octanol–water partition coefficient (Wildman–Crippen LogP) is 12.2. The Morgan fingerprint density at radius 1 is 0.396 bits per heavy atom. The maximum absolute atomic E-state index is 7.16. The van der Waals surface area contributed by atoms with Crippen LogP contribution in [0.15, 0.2) is 167 Å². The summed E-state index contributed by atoms with van der Waals surface area (Å²) in [6.07, 6.45) is 8.85. The minimum Gasteiger partial charge on any atom is -0.473 e. The minimum absolute atomic E-state index is 0.848. The van der Waals surface area contributed by atoms with Crippen molar-refractivity contribution in [3.63, 3.8) is 0 Å². The quantitative estimate of drug-likeness (QED) is 0.178. The Morgan fingerprint density at radius 2 is 0.833 bits per heavy atom. The number of fused-ring (bicyclic) bond motifs is 6. The first-order chi connectivity index (χ1) is 23.5. The fourth-order valence-electron chi connectivity index (χ4n) is 7.25. The van der Waals surface area contributed by atoms with Crippen LogP contribution in [0.25, 0.3) is 33.7 Å². The fraction of sp³-hybridized carbons (Fsp3) is 0.0455. The third-order valence-corrected chi connectivity index (χ3v) is 10.6. The maximum atomic E-state index is 7.16. The van der Waals surface area contributed by atoms with Crippen molar-refractivity contribution < 1.29 is 9.47 Å². The fourth-order valence-corrected chi connectivity index (χ4v) is 8.01. The van der Waals surface area contributed by atoms with Gasteiger partial charge < -0.3 is 9.47 Å². The second-order valence-corrected chi connectivity index (χ2v) is 14.2. The summed E-state index contributed by atoms with van der Waals surface area (Å²) in [5, 5.41) is 4.64. The molecule has 2 unspecified atom stereocenters. The molecule has 2 aliphatic heterocycles. The van der Waals surface area contributed by atoms with Gasteiger partial charge in [-0.15, -0.1) is 0 Å². The average Bonchev–Trinajstić information content (AvgIpc) is 3.14. The van der Waals surface area contributed by atoms with Crippen molar-refractivity contribution in [1.29, 1.82) is 0 Å². The summed E-state index contributed by atoms with van der Waals surface area (Å²) in [5.41, 5.74) is 4.59. The number of halogens is 2. The maximum Gasteiger partial charge on any atom is 0.178 e. The Kier molecular flexibility index (Phi) is 6.93. The van der Waals surface area contributed by atoms with E-state index in [0.29, 0.717) is 0 Å². The lowest BCUT2D eigenvalue weighted by Crippen LogP contribution is -2.37. The van der Waals surface area contributed by atoms with Gasteiger partial charge in [0.15, 0.2) is 11.2 Å². The van der Waals surface area contributed by atoms with Crippen LogP contribution in [0.1, 0.15) is 33.4 Å². The summed E-state index contributed by atoms with van der Waals surface area (Å²) < 4.78 is 16.4. The molecule has 0 aromatic heterocycles. The van der Waals surface area contributed by atoms with E-state index in [2.05, 4.69) is 190 Å². The van der Waals surface area contributed by atoms with Crippen LogP contribution in [-0.2, 0) is 11.2 Å². The lowest BCUT2D eigenvalue weighted by Gasteiger charge is -2.39. The SMILES string of the molecule is Brc1ccc2c3c(ccc2c1)OC(c1ccccc1)(c1cccc(C2(c4ccccc4)C=Cc4c(ccc5cc(Br)ccc45)O2)c1)C=C3. The van der Waals surface area contributed by atoms with E-state index in [-0.39, 0.29) is 0 Å². The largest absolute Gasteiger partial charge is 0.473 e. The van der Waals surface area contributed by atoms with Gasteiger partial charge in [-0.05, 0) is 88.3 Å². The normalized spacial score (nSPS) is 19.4. The molecule has 0 saturated heterocycles. The van der Waals surface area contributed by atoms with Crippen molar-refractivity contribution in [2.45, 2.75) is 11.2 Å². The molecule has 230 valence electrons. The monoisotopic (exact) mass is 746 g/mol. The van der Waals surface area contributed by atoms with E-state index >= 15 is 0 Å². The van der Waals surface area contributed by atoms with E-state index in [1.807, 2.05) is 12.1 Å². The summed E-state index contributed by atoms with van der Waals surface area (Å²) in [5.74, 6) is 1.70. The first-order valence-electron chi connectivity index (χ1n) is 16.0. The highest BCUT2D eigenvalue weighted by Crippen LogP contribution is 2.48. The molecule has 7 aromatic rings. The van der Waals surface area contributed by atoms with E-state index < -0.39 is 11.2 Å². The first kappa shape index (κ1) is 29.3. The molecule has 48 heavy (non-hydrogen) atoms. The summed E-state index contributed by atoms with van der Waals surface area (Å²) in [7, 11) is 0. The van der Waals surface area contributed by atoms with Crippen LogP contribution in [0.5, 0.6) is 11.5 Å². The van der Waals surface area contributed by atoms with E-state index in [9.17, 15) is 0 Å². The molecule has 0 radical (unpaired) electrons. The average molecular weight is 749 g/mol. The summed E-state index contributed by atoms with van der Waals surface area (Å²) >= 11 is 7.25. The third-order valence-electron chi connectivity index (χ3n) is 9.60. The second-order valence-electron chi connectivity index (χ2n) is 12.3. The van der Waals surface area contributed by atoms with Crippen LogP contribution < -0.4 is 9.47 Å². The second kappa shape index (κ2) is 11.4. The van der Waals surface area contributed by atoms with Gasteiger partial charge in [0.05, 0.1) is 0 Å². The molecule has 0 spiro atoms. The smallest absolute Gasteiger partial charge is 0.178 e. The third kappa shape index (κ3) is 4.66. The molecule has 0 amide bonds. The Bertz CT molecular complexity index is 2270. The summed E-state index contributed by atoms with van der Waals surface area (Å²) in [6, 6.07) is 50.9. The van der Waals surface area contributed by atoms with Crippen LogP contribution >= 0.6 is 31.9 Å². The van der Waals surface area contributed by atoms with Gasteiger partial charge in [-0.3, -0.25) is 0 Å². The molecule has 0 bridgehead atoms. The highest BCUT2D eigenvalue weighted by Gasteiger charge is 2.41. The first-order valence-corrected chi connectivity index (χ1v) is 17.5. The molecule has 2 heterocycles. The Balaban J connectivity index is 1.22. The van der Waals surface area contributed by atoms with Gasteiger partial charge in [0, 0.05) is 42.3 Å². The Labute approximate surface area is 296 Å². The molecule has 2 atom stereocenters. The van der Waals surface area contributed by atoms with Gasteiger partial charge in [-0.25, -0.2) is 0 Å². The molecule has 4 heteroatoms. The molecule has 0 aliphatic carbocycles. The highest BCUT2D eigenvalue weighted by atomic mass is 79.9. The van der Waals surface area contributed by atoms with E-state index in [1.165, 1.54) is 0 Å². The van der Waals surface area contributed by atoms with Crippen LogP contribution in [0.2, 0.25) is 0 Å². The molecular weight excluding hydrogens is 720 g/mol. The number of rotatable bonds is 4. The van der Waals surface area contributed by atoms with Crippen molar-refractivity contribution in [1.82, 2.24) is 0 Å². The molecular formula is C44H28Br2O2. The number of hydrogen-bond donors (Lipinski definition) is 0. The lowest BCUT2D eigenvalue weighted by atomic mass is 9.78. The van der Waals surface area contributed by atoms with Crippen LogP contribution in [0.4, 0.5) is 0 Å². The van der Waals surface area contributed by atoms with Crippen molar-refractivity contribution in [2.24, 2.45) is 0 Å². The van der Waals surface area contributed by atoms with Crippen LogP contribution in [-0.4, -0.2) is 0 Å². The van der Waals surface area contributed by atoms with Crippen molar-refractivity contribution in [3.8, 4) is 11.5 Å². The van der Waals surface area contributed by atoms with E-state index in [1.54, 1.807) is 0 Å². The molecule has 0 saturated carbocycles. The van der Waals surface area contributed by atoms with E-state index in [4.69, 9.17) is 9.47 Å². The van der Waals surface area contributed by atoms with Gasteiger partial charge in [0.25, 0.3) is 0 Å². The van der Waals surface area contributed by atoms with Crippen molar-refractivity contribution in [3.05, 3.63) is 200 Å². The van der Waals surface area contributed by atoms with Crippen molar-refractivity contribution >= 4 is 65.6 Å². The van der Waals surface area contributed by atoms with Crippen LogP contribution in [0, 0.1) is 0 Å². The molecule has 9 rings (SSSR count). The zero-order chi connectivity index (χ0) is 32.3. The lowest BCUT2D eigenvalue weighted by molar-refractivity contribution is 0.154. The zero-order valence-corrected chi connectivity index (χ0v) is 28.9. The van der Waals surface area contributed by atoms with Crippen molar-refractivity contribution in [2.75, 3.05) is 0 Å². The Hall–Kier alpha value is -4.90. The highest BCUT2D eigenvalue weighted by molar-refractivity contribution is 9.10. The molecule has 2 nitrogen and oxygen atoms in total. The summed E-state index contributed by atoms with van der Waals surface area (Å²) in [6.45, 7) is 0. The van der Waals surface area contributed by atoms with Gasteiger partial charge in [0.2, 0.25) is 0 Å². The number of ether oxygens (including phenoxy) is 2. The molecule has 0 N–H and O–H groups in total. The molecule has 0 fully saturated rings. The van der Waals surface area contributed by atoms with Gasteiger partial charge in [-0.2, -0.15) is 0 Å². The molecule has 7 aromatic carbocycles. The summed E-state index contributed by atoms with van der Waals surface area (Å²) in [4.78, 5) is 0. The number of hydrogen-bond acceptors (Lipinski definition) is 2. The number of benzene rings is 7. The predicted molar refractivity (Wildman–Crippen MR) is 204 cm³/mol. The topological polar surface area (TPSA) is 18.5 Å². The van der Waals surface area contributed by atoms with Crippen LogP contribution in [0.3, 0.4) is 0 Å². The van der Waals surface area contributed by atoms with Gasteiger partial charge in [-0.1, -0.05) is 135 Å². The van der Waals surface area contributed by atoms with Gasteiger partial charge >= 0.3 is 0 Å². The minimum atomic E-state index is -0.856.